The molecule has 0 saturated heterocycles. The van der Waals surface area contributed by atoms with E-state index in [1.54, 1.807) is 0 Å². The van der Waals surface area contributed by atoms with Gasteiger partial charge in [0.15, 0.2) is 0 Å². The molecule has 280 valence electrons. The number of benzene rings is 11. The normalized spacial score (nSPS) is 11.7. The van der Waals surface area contributed by atoms with Gasteiger partial charge in [-0.2, -0.15) is 0 Å². The highest BCUT2D eigenvalue weighted by molar-refractivity contribution is 7.26. The van der Waals surface area contributed by atoms with Crippen LogP contribution in [0.5, 0.6) is 0 Å². The van der Waals surface area contributed by atoms with E-state index in [-0.39, 0.29) is 0 Å². The summed E-state index contributed by atoms with van der Waals surface area (Å²) in [6.45, 7) is 0. The summed E-state index contributed by atoms with van der Waals surface area (Å²) in [5, 5.41) is 12.7. The van der Waals surface area contributed by atoms with Gasteiger partial charge in [-0.3, -0.25) is 0 Å². The summed E-state index contributed by atoms with van der Waals surface area (Å²) in [5.41, 5.74) is 10.6. The average molecular weight is 780 g/mol. The van der Waals surface area contributed by atoms with Crippen molar-refractivity contribution in [2.45, 2.75) is 0 Å². The van der Waals surface area contributed by atoms with Crippen LogP contribution in [0, 0.1) is 0 Å². The third kappa shape index (κ3) is 5.76. The molecule has 1 nitrogen and oxygen atoms in total. The lowest BCUT2D eigenvalue weighted by atomic mass is 9.89. The molecule has 0 unspecified atom stereocenters. The second-order valence-corrected chi connectivity index (χ2v) is 16.8. The summed E-state index contributed by atoms with van der Waals surface area (Å²) in [5.74, 6) is 0. The van der Waals surface area contributed by atoms with E-state index in [0.717, 1.165) is 17.1 Å². The largest absolute Gasteiger partial charge is 0.310 e. The first kappa shape index (κ1) is 34.5. The van der Waals surface area contributed by atoms with Crippen molar-refractivity contribution in [3.05, 3.63) is 224 Å². The summed E-state index contributed by atoms with van der Waals surface area (Å²) in [7, 11) is 0. The van der Waals surface area contributed by atoms with Crippen molar-refractivity contribution in [2.75, 3.05) is 4.90 Å². The highest BCUT2D eigenvalue weighted by atomic mass is 32.1. The Hall–Kier alpha value is -7.52. The third-order valence-electron chi connectivity index (χ3n) is 12.2. The Bertz CT molecular complexity index is 3620. The maximum Gasteiger partial charge on any atom is 0.0476 e. The highest BCUT2D eigenvalue weighted by Crippen LogP contribution is 2.46. The molecular formula is C58H37NS. The number of rotatable bonds is 6. The number of hydrogen-bond donors (Lipinski definition) is 0. The van der Waals surface area contributed by atoms with Crippen LogP contribution in [-0.4, -0.2) is 0 Å². The Morgan fingerprint density at radius 3 is 1.67 bits per heavy atom. The van der Waals surface area contributed by atoms with Gasteiger partial charge in [-0.25, -0.2) is 0 Å². The van der Waals surface area contributed by atoms with Gasteiger partial charge in [0, 0.05) is 37.2 Å². The average Bonchev–Trinajstić information content (AvgIpc) is 3.67. The summed E-state index contributed by atoms with van der Waals surface area (Å²) in [6.07, 6.45) is 0. The lowest BCUT2D eigenvalue weighted by Crippen LogP contribution is -2.10. The summed E-state index contributed by atoms with van der Waals surface area (Å²) >= 11 is 1.88. The van der Waals surface area contributed by atoms with Crippen molar-refractivity contribution in [2.24, 2.45) is 0 Å². The molecule has 12 aromatic rings. The van der Waals surface area contributed by atoms with Crippen molar-refractivity contribution >= 4 is 91.7 Å². The Morgan fingerprint density at radius 1 is 0.250 bits per heavy atom. The van der Waals surface area contributed by atoms with E-state index in [1.807, 2.05) is 11.3 Å². The number of fused-ring (bicyclic) bond motifs is 8. The molecule has 0 fully saturated rings. The zero-order valence-electron chi connectivity index (χ0n) is 32.7. The van der Waals surface area contributed by atoms with Crippen LogP contribution in [0.4, 0.5) is 17.1 Å². The van der Waals surface area contributed by atoms with Gasteiger partial charge < -0.3 is 4.90 Å². The van der Waals surface area contributed by atoms with Crippen LogP contribution in [0.15, 0.2) is 224 Å². The van der Waals surface area contributed by atoms with Crippen LogP contribution in [0.25, 0.3) is 96.6 Å². The van der Waals surface area contributed by atoms with E-state index < -0.39 is 0 Å². The third-order valence-corrected chi connectivity index (χ3v) is 13.3. The van der Waals surface area contributed by atoms with Gasteiger partial charge in [0.2, 0.25) is 0 Å². The second kappa shape index (κ2) is 14.1. The van der Waals surface area contributed by atoms with Gasteiger partial charge in [0.05, 0.1) is 0 Å². The first-order valence-corrected chi connectivity index (χ1v) is 21.4. The molecule has 2 heteroatoms. The van der Waals surface area contributed by atoms with E-state index in [4.69, 9.17) is 0 Å². The van der Waals surface area contributed by atoms with Crippen molar-refractivity contribution < 1.29 is 0 Å². The smallest absolute Gasteiger partial charge is 0.0476 e. The topological polar surface area (TPSA) is 3.24 Å². The molecule has 1 heterocycles. The highest BCUT2D eigenvalue weighted by Gasteiger charge is 2.20. The monoisotopic (exact) mass is 779 g/mol. The van der Waals surface area contributed by atoms with Crippen molar-refractivity contribution in [3.8, 4) is 33.4 Å². The van der Waals surface area contributed by atoms with E-state index >= 15 is 0 Å². The summed E-state index contributed by atoms with van der Waals surface area (Å²) in [4.78, 5) is 2.46. The molecule has 0 aliphatic carbocycles. The van der Waals surface area contributed by atoms with Gasteiger partial charge >= 0.3 is 0 Å². The Labute approximate surface area is 352 Å². The molecule has 0 N–H and O–H groups in total. The van der Waals surface area contributed by atoms with Gasteiger partial charge in [0.1, 0.15) is 0 Å². The van der Waals surface area contributed by atoms with E-state index in [0.29, 0.717) is 0 Å². The predicted molar refractivity (Wildman–Crippen MR) is 260 cm³/mol. The fourth-order valence-corrected chi connectivity index (χ4v) is 10.5. The quantitative estimate of drug-likeness (QED) is 0.152. The van der Waals surface area contributed by atoms with Gasteiger partial charge in [-0.15, -0.1) is 11.3 Å². The van der Waals surface area contributed by atoms with Crippen molar-refractivity contribution in [1.82, 2.24) is 0 Å². The Balaban J connectivity index is 1.08. The molecule has 0 spiro atoms. The molecule has 0 saturated carbocycles. The number of hydrogen-bond acceptors (Lipinski definition) is 2. The molecule has 12 rings (SSSR count). The zero-order valence-corrected chi connectivity index (χ0v) is 33.5. The molecule has 0 aliphatic rings. The summed E-state index contributed by atoms with van der Waals surface area (Å²) < 4.78 is 2.58. The molecule has 11 aromatic carbocycles. The molecule has 0 radical (unpaired) electrons. The lowest BCUT2D eigenvalue weighted by molar-refractivity contribution is 1.30. The van der Waals surface area contributed by atoms with E-state index in [2.05, 4.69) is 229 Å². The zero-order chi connectivity index (χ0) is 39.6. The lowest BCUT2D eigenvalue weighted by Gasteiger charge is -2.27. The van der Waals surface area contributed by atoms with Gasteiger partial charge in [-0.1, -0.05) is 170 Å². The van der Waals surface area contributed by atoms with Gasteiger partial charge in [0.25, 0.3) is 0 Å². The SMILES string of the molecule is c1ccc(-c2cc(N(c3cccc(-c4ccccc4-c4cc5ccccc5c5ccccc45)c3)c3ccc4c(c3)sc3cc5ccccc5cc34)cc3ccccc23)cc1. The van der Waals surface area contributed by atoms with Crippen LogP contribution >= 0.6 is 11.3 Å². The fourth-order valence-electron chi connectivity index (χ4n) is 9.38. The van der Waals surface area contributed by atoms with Gasteiger partial charge in [-0.05, 0) is 131 Å². The van der Waals surface area contributed by atoms with Crippen LogP contribution in [0.1, 0.15) is 0 Å². The second-order valence-electron chi connectivity index (χ2n) is 15.7. The standard InChI is InChI=1S/C58H37NS/c1-2-15-38(16-3-1)54-36-46(32-41-19-6-9-25-49(41)54)59(45-29-30-53-56-33-39-17-4-5-18-40(39)35-57(56)60-58(53)37-45)44-22-14-21-42(31-44)47-24-10-11-27-51(47)55-34-43-20-7-8-23-48(43)50-26-12-13-28-52(50)55/h1-37H. The summed E-state index contributed by atoms with van der Waals surface area (Å²) in [6, 6.07) is 82.7. The van der Waals surface area contributed by atoms with Crippen molar-refractivity contribution in [3.63, 3.8) is 0 Å². The minimum atomic E-state index is 1.10. The number of nitrogens with zero attached hydrogens (tertiary/aromatic N) is 1. The first-order valence-electron chi connectivity index (χ1n) is 20.6. The molecule has 0 aliphatic heterocycles. The van der Waals surface area contributed by atoms with Crippen LogP contribution in [0.2, 0.25) is 0 Å². The maximum absolute atomic E-state index is 2.46. The minimum Gasteiger partial charge on any atom is -0.310 e. The van der Waals surface area contributed by atoms with E-state index in [9.17, 15) is 0 Å². The molecule has 0 atom stereocenters. The minimum absolute atomic E-state index is 1.10. The molecule has 1 aromatic heterocycles. The predicted octanol–water partition coefficient (Wildman–Crippen LogP) is 17.1. The number of anilines is 3. The van der Waals surface area contributed by atoms with Crippen molar-refractivity contribution in [1.29, 1.82) is 0 Å². The first-order chi connectivity index (χ1) is 29.7. The molecule has 60 heavy (non-hydrogen) atoms. The Morgan fingerprint density at radius 2 is 0.850 bits per heavy atom. The van der Waals surface area contributed by atoms with Crippen LogP contribution in [0.3, 0.4) is 0 Å². The Kier molecular flexibility index (Phi) is 8.11. The van der Waals surface area contributed by atoms with Crippen LogP contribution in [-0.2, 0) is 0 Å². The number of thiophene rings is 1. The molecule has 0 amide bonds. The van der Waals surface area contributed by atoms with E-state index in [1.165, 1.54) is 96.6 Å². The van der Waals surface area contributed by atoms with Crippen LogP contribution < -0.4 is 4.90 Å². The molecular weight excluding hydrogens is 743 g/mol. The molecule has 0 bridgehead atoms. The maximum atomic E-state index is 2.46. The fraction of sp³-hybridized carbons (Fsp3) is 0.